The summed E-state index contributed by atoms with van der Waals surface area (Å²) in [6.07, 6.45) is 0.712. The number of halogens is 1. The molecule has 39 heavy (non-hydrogen) atoms. The van der Waals surface area contributed by atoms with Crippen molar-refractivity contribution in [2.75, 3.05) is 18.0 Å². The van der Waals surface area contributed by atoms with Crippen LogP contribution >= 0.6 is 0 Å². The first-order valence-corrected chi connectivity index (χ1v) is 14.1. The highest BCUT2D eigenvalue weighted by Gasteiger charge is 2.32. The number of ether oxygens (including phenoxy) is 1. The van der Waals surface area contributed by atoms with Crippen molar-refractivity contribution in [3.05, 3.63) is 90.2 Å². The van der Waals surface area contributed by atoms with Crippen molar-refractivity contribution in [3.8, 4) is 5.75 Å². The highest BCUT2D eigenvalue weighted by Crippen LogP contribution is 2.26. The second kappa shape index (κ2) is 13.2. The number of amides is 2. The average molecular weight is 556 g/mol. The summed E-state index contributed by atoms with van der Waals surface area (Å²) >= 11 is 0. The summed E-state index contributed by atoms with van der Waals surface area (Å²) in [5.74, 6) is -1.02. The van der Waals surface area contributed by atoms with Crippen LogP contribution in [0.1, 0.15) is 32.8 Å². The fourth-order valence-electron chi connectivity index (χ4n) is 3.84. The second-order valence-corrected chi connectivity index (χ2v) is 11.0. The molecular formula is C29H34FN3O5S. The van der Waals surface area contributed by atoms with E-state index < -0.39 is 34.3 Å². The van der Waals surface area contributed by atoms with E-state index in [0.717, 1.165) is 22.0 Å². The van der Waals surface area contributed by atoms with Crippen molar-refractivity contribution in [2.24, 2.45) is 0 Å². The van der Waals surface area contributed by atoms with Gasteiger partial charge in [-0.1, -0.05) is 37.3 Å². The topological polar surface area (TPSA) is 96.0 Å². The van der Waals surface area contributed by atoms with Crippen molar-refractivity contribution in [1.29, 1.82) is 0 Å². The Kier molecular flexibility index (Phi) is 10.1. The zero-order valence-electron chi connectivity index (χ0n) is 22.5. The largest absolute Gasteiger partial charge is 0.497 e. The molecule has 2 atom stereocenters. The monoisotopic (exact) mass is 555 g/mol. The number of nitrogens with zero attached hydrogens (tertiary/aromatic N) is 2. The first-order chi connectivity index (χ1) is 18.6. The Bertz CT molecular complexity index is 1350. The minimum Gasteiger partial charge on any atom is -0.497 e. The number of hydrogen-bond acceptors (Lipinski definition) is 5. The smallest absolute Gasteiger partial charge is 0.264 e. The normalized spacial score (nSPS) is 12.7. The Morgan fingerprint density at radius 1 is 0.949 bits per heavy atom. The van der Waals surface area contributed by atoms with Gasteiger partial charge in [-0.15, -0.1) is 0 Å². The zero-order chi connectivity index (χ0) is 28.6. The van der Waals surface area contributed by atoms with Crippen molar-refractivity contribution in [3.63, 3.8) is 0 Å². The number of carbonyl (C=O) groups is 2. The van der Waals surface area contributed by atoms with Crippen LogP contribution in [0.2, 0.25) is 0 Å². The number of anilines is 1. The molecule has 0 aliphatic carbocycles. The number of hydrogen-bond donors (Lipinski definition) is 1. The van der Waals surface area contributed by atoms with E-state index in [-0.39, 0.29) is 29.1 Å². The fourth-order valence-corrected chi connectivity index (χ4v) is 5.25. The lowest BCUT2D eigenvalue weighted by Gasteiger charge is -2.32. The number of carbonyl (C=O) groups excluding carboxylic acids is 2. The Morgan fingerprint density at radius 2 is 1.56 bits per heavy atom. The highest BCUT2D eigenvalue weighted by atomic mass is 32.2. The van der Waals surface area contributed by atoms with Gasteiger partial charge in [0.2, 0.25) is 11.8 Å². The highest BCUT2D eigenvalue weighted by molar-refractivity contribution is 7.92. The minimum absolute atomic E-state index is 0.0717. The van der Waals surface area contributed by atoms with Gasteiger partial charge in [0.25, 0.3) is 10.0 Å². The van der Waals surface area contributed by atoms with Crippen LogP contribution in [0, 0.1) is 5.82 Å². The van der Waals surface area contributed by atoms with E-state index in [2.05, 4.69) is 5.32 Å². The summed E-state index contributed by atoms with van der Waals surface area (Å²) in [7, 11) is -2.79. The van der Waals surface area contributed by atoms with Crippen LogP contribution < -0.4 is 14.4 Å². The molecule has 1 N–H and O–H groups in total. The molecule has 0 fully saturated rings. The summed E-state index contributed by atoms with van der Waals surface area (Å²) in [6, 6.07) is 18.7. The number of sulfonamides is 1. The lowest BCUT2D eigenvalue weighted by Crippen LogP contribution is -2.52. The zero-order valence-corrected chi connectivity index (χ0v) is 23.3. The van der Waals surface area contributed by atoms with E-state index in [1.54, 1.807) is 6.92 Å². The molecular weight excluding hydrogens is 521 g/mol. The number of methoxy groups -OCH3 is 1. The van der Waals surface area contributed by atoms with Crippen molar-refractivity contribution < 1.29 is 27.1 Å². The van der Waals surface area contributed by atoms with Gasteiger partial charge < -0.3 is 15.0 Å². The van der Waals surface area contributed by atoms with Crippen molar-refractivity contribution >= 4 is 27.5 Å². The molecule has 0 saturated carbocycles. The van der Waals surface area contributed by atoms with Crippen LogP contribution in [-0.4, -0.2) is 50.9 Å². The Labute approximate surface area is 229 Å². The van der Waals surface area contributed by atoms with E-state index in [1.165, 1.54) is 48.4 Å². The van der Waals surface area contributed by atoms with Gasteiger partial charge in [-0.2, -0.15) is 0 Å². The molecule has 3 aromatic carbocycles. The molecule has 3 rings (SSSR count). The van der Waals surface area contributed by atoms with Gasteiger partial charge in [-0.3, -0.25) is 13.9 Å². The van der Waals surface area contributed by atoms with Crippen LogP contribution in [0.3, 0.4) is 0 Å². The summed E-state index contributed by atoms with van der Waals surface area (Å²) in [4.78, 5) is 28.1. The van der Waals surface area contributed by atoms with Crippen LogP contribution in [0.5, 0.6) is 5.75 Å². The Morgan fingerprint density at radius 3 is 2.13 bits per heavy atom. The lowest BCUT2D eigenvalue weighted by atomic mass is 10.1. The lowest BCUT2D eigenvalue weighted by molar-refractivity contribution is -0.139. The van der Waals surface area contributed by atoms with Crippen molar-refractivity contribution in [1.82, 2.24) is 10.2 Å². The molecule has 0 aliphatic heterocycles. The molecule has 0 radical (unpaired) electrons. The predicted octanol–water partition coefficient (Wildman–Crippen LogP) is 4.36. The molecule has 2 amide bonds. The first-order valence-electron chi connectivity index (χ1n) is 12.6. The molecule has 208 valence electrons. The molecule has 0 bridgehead atoms. The molecule has 8 nitrogen and oxygen atoms in total. The molecule has 0 aliphatic rings. The molecule has 0 saturated heterocycles. The molecule has 0 heterocycles. The van der Waals surface area contributed by atoms with Gasteiger partial charge in [-0.05, 0) is 74.4 Å². The maximum Gasteiger partial charge on any atom is 0.264 e. The fraction of sp³-hybridized carbons (Fsp3) is 0.310. The maximum atomic E-state index is 13.8. The third-order valence-electron chi connectivity index (χ3n) is 6.40. The summed E-state index contributed by atoms with van der Waals surface area (Å²) in [5, 5.41) is 2.89. The van der Waals surface area contributed by atoms with E-state index >= 15 is 0 Å². The molecule has 10 heteroatoms. The van der Waals surface area contributed by atoms with Gasteiger partial charge in [0.05, 0.1) is 17.7 Å². The average Bonchev–Trinajstić information content (AvgIpc) is 2.95. The van der Waals surface area contributed by atoms with Crippen LogP contribution in [0.4, 0.5) is 10.1 Å². The molecule has 2 unspecified atom stereocenters. The third-order valence-corrected chi connectivity index (χ3v) is 8.19. The van der Waals surface area contributed by atoms with Crippen LogP contribution in [-0.2, 0) is 26.2 Å². The van der Waals surface area contributed by atoms with Gasteiger partial charge in [0.15, 0.2) is 0 Å². The maximum absolute atomic E-state index is 13.8. The molecule has 0 spiro atoms. The van der Waals surface area contributed by atoms with Gasteiger partial charge in [0.1, 0.15) is 24.2 Å². The van der Waals surface area contributed by atoms with E-state index in [4.69, 9.17) is 4.74 Å². The molecule has 3 aromatic rings. The number of nitrogens with one attached hydrogen (secondary N) is 1. The van der Waals surface area contributed by atoms with Gasteiger partial charge >= 0.3 is 0 Å². The van der Waals surface area contributed by atoms with Gasteiger partial charge in [-0.25, -0.2) is 12.8 Å². The number of benzene rings is 3. The van der Waals surface area contributed by atoms with E-state index in [1.807, 2.05) is 44.2 Å². The Balaban J connectivity index is 2.00. The van der Waals surface area contributed by atoms with E-state index in [0.29, 0.717) is 12.2 Å². The SMILES string of the molecule is CCC(C)NC(=O)C(C)N(Cc1ccccc1)C(=O)CN(c1ccc(F)cc1)S(=O)(=O)c1ccc(OC)cc1. The molecule has 0 aromatic heterocycles. The number of rotatable bonds is 12. The predicted molar refractivity (Wildman–Crippen MR) is 148 cm³/mol. The van der Waals surface area contributed by atoms with Crippen LogP contribution in [0.15, 0.2) is 83.8 Å². The minimum atomic E-state index is -4.26. The van der Waals surface area contributed by atoms with E-state index in [9.17, 15) is 22.4 Å². The third kappa shape index (κ3) is 7.57. The second-order valence-electron chi connectivity index (χ2n) is 9.16. The summed E-state index contributed by atoms with van der Waals surface area (Å²) < 4.78 is 47.3. The standard InChI is InChI=1S/C29H34FN3O5S/c1-5-21(2)31-29(35)22(3)32(19-23-9-7-6-8-10-23)28(34)20-33(25-13-11-24(30)12-14-25)39(36,37)27-17-15-26(38-4)16-18-27/h6-18,21-22H,5,19-20H2,1-4H3,(H,31,35). The summed E-state index contributed by atoms with van der Waals surface area (Å²) in [6.45, 7) is 4.90. The van der Waals surface area contributed by atoms with Gasteiger partial charge in [0, 0.05) is 12.6 Å². The summed E-state index contributed by atoms with van der Waals surface area (Å²) in [5.41, 5.74) is 0.886. The quantitative estimate of drug-likeness (QED) is 0.358. The Hall–Kier alpha value is -3.92. The first kappa shape index (κ1) is 29.6. The van der Waals surface area contributed by atoms with Crippen LogP contribution in [0.25, 0.3) is 0 Å². The van der Waals surface area contributed by atoms with Crippen molar-refractivity contribution in [2.45, 2.75) is 50.7 Å².